The van der Waals surface area contributed by atoms with Crippen LogP contribution < -0.4 is 10.7 Å². The van der Waals surface area contributed by atoms with Crippen LogP contribution in [-0.4, -0.2) is 23.0 Å². The topological polar surface area (TPSA) is 114 Å². The maximum atomic E-state index is 11.8. The molecular weight excluding hydrogens is 348 g/mol. The average molecular weight is 361 g/mol. The molecule has 0 aliphatic carbocycles. The van der Waals surface area contributed by atoms with Crippen molar-refractivity contribution in [3.63, 3.8) is 0 Å². The van der Waals surface area contributed by atoms with Crippen molar-refractivity contribution < 1.29 is 14.5 Å². The smallest absolute Gasteiger partial charge is 0.318 e. The summed E-state index contributed by atoms with van der Waals surface area (Å²) < 4.78 is 0. The van der Waals surface area contributed by atoms with Crippen molar-refractivity contribution in [3.8, 4) is 0 Å². The summed E-state index contributed by atoms with van der Waals surface area (Å²) in [6.45, 7) is 1.85. The predicted molar refractivity (Wildman–Crippen MR) is 93.7 cm³/mol. The van der Waals surface area contributed by atoms with Gasteiger partial charge in [0.05, 0.1) is 11.1 Å². The number of hydrogen-bond acceptors (Lipinski definition) is 5. The largest absolute Gasteiger partial charge is 0.329 e. The van der Waals surface area contributed by atoms with Gasteiger partial charge >= 0.3 is 11.8 Å². The van der Waals surface area contributed by atoms with Crippen LogP contribution in [0.1, 0.15) is 11.1 Å². The zero-order valence-corrected chi connectivity index (χ0v) is 13.8. The summed E-state index contributed by atoms with van der Waals surface area (Å²) in [5.74, 6) is -1.86. The zero-order valence-electron chi connectivity index (χ0n) is 13.0. The van der Waals surface area contributed by atoms with Gasteiger partial charge in [0.2, 0.25) is 0 Å². The fourth-order valence-corrected chi connectivity index (χ4v) is 2.06. The number of anilines is 1. The van der Waals surface area contributed by atoms with Crippen LogP contribution in [0.3, 0.4) is 0 Å². The minimum Gasteiger partial charge on any atom is -0.318 e. The lowest BCUT2D eigenvalue weighted by atomic mass is 10.2. The van der Waals surface area contributed by atoms with E-state index in [9.17, 15) is 19.7 Å². The summed E-state index contributed by atoms with van der Waals surface area (Å²) in [5.41, 5.74) is 3.52. The van der Waals surface area contributed by atoms with E-state index in [-0.39, 0.29) is 10.7 Å². The number of nitro groups is 1. The lowest BCUT2D eigenvalue weighted by molar-refractivity contribution is -0.384. The Bertz CT molecular complexity index is 867. The number of amides is 2. The summed E-state index contributed by atoms with van der Waals surface area (Å²) >= 11 is 5.70. The summed E-state index contributed by atoms with van der Waals surface area (Å²) in [4.78, 5) is 33.6. The number of nitrogens with zero attached hydrogens (tertiary/aromatic N) is 2. The minimum absolute atomic E-state index is 0.0104. The van der Waals surface area contributed by atoms with Crippen LogP contribution >= 0.6 is 11.6 Å². The fourth-order valence-electron chi connectivity index (χ4n) is 1.88. The molecule has 2 N–H and O–H groups in total. The summed E-state index contributed by atoms with van der Waals surface area (Å²) in [6, 6.07) is 11.0. The van der Waals surface area contributed by atoms with Crippen LogP contribution in [0, 0.1) is 17.0 Å². The van der Waals surface area contributed by atoms with E-state index in [0.717, 1.165) is 5.56 Å². The van der Waals surface area contributed by atoms with Crippen molar-refractivity contribution in [1.29, 1.82) is 0 Å². The standard InChI is InChI=1S/C16H13ClN4O4/c1-10-3-2-4-12(7-10)19-15(22)16(23)20-18-9-11-5-6-13(17)14(8-11)21(24)25/h2-9H,1H3,(H,19,22)(H,20,23)/b18-9-. The minimum atomic E-state index is -0.971. The van der Waals surface area contributed by atoms with E-state index in [1.807, 2.05) is 18.4 Å². The van der Waals surface area contributed by atoms with Crippen LogP contribution in [-0.2, 0) is 9.59 Å². The first-order valence-corrected chi connectivity index (χ1v) is 7.39. The van der Waals surface area contributed by atoms with Crippen LogP contribution in [0.2, 0.25) is 5.02 Å². The maximum absolute atomic E-state index is 11.8. The highest BCUT2D eigenvalue weighted by atomic mass is 35.5. The molecule has 2 aromatic carbocycles. The van der Waals surface area contributed by atoms with Crippen LogP contribution in [0.5, 0.6) is 0 Å². The second kappa shape index (κ2) is 8.02. The molecule has 2 rings (SSSR count). The van der Waals surface area contributed by atoms with Gasteiger partial charge in [-0.05, 0) is 30.7 Å². The van der Waals surface area contributed by atoms with Crippen molar-refractivity contribution in [2.75, 3.05) is 5.32 Å². The van der Waals surface area contributed by atoms with Gasteiger partial charge in [-0.15, -0.1) is 0 Å². The van der Waals surface area contributed by atoms with Gasteiger partial charge in [-0.3, -0.25) is 19.7 Å². The van der Waals surface area contributed by atoms with E-state index in [0.29, 0.717) is 11.3 Å². The molecule has 0 bridgehead atoms. The molecule has 0 aromatic heterocycles. The third-order valence-corrected chi connectivity index (χ3v) is 3.35. The highest BCUT2D eigenvalue weighted by Crippen LogP contribution is 2.24. The molecule has 0 atom stereocenters. The summed E-state index contributed by atoms with van der Waals surface area (Å²) in [6.07, 6.45) is 1.17. The monoisotopic (exact) mass is 360 g/mol. The number of hydrogen-bond donors (Lipinski definition) is 2. The number of halogens is 1. The lowest BCUT2D eigenvalue weighted by Gasteiger charge is -2.04. The molecule has 2 amide bonds. The Morgan fingerprint density at radius 2 is 1.96 bits per heavy atom. The Morgan fingerprint density at radius 1 is 1.20 bits per heavy atom. The third-order valence-electron chi connectivity index (χ3n) is 3.03. The predicted octanol–water partition coefficient (Wildman–Crippen LogP) is 2.65. The second-order valence-electron chi connectivity index (χ2n) is 4.99. The van der Waals surface area contributed by atoms with Gasteiger partial charge in [0.1, 0.15) is 5.02 Å². The molecule has 0 fully saturated rings. The highest BCUT2D eigenvalue weighted by molar-refractivity contribution is 6.39. The number of nitro benzene ring substituents is 1. The molecule has 0 aliphatic rings. The van der Waals surface area contributed by atoms with Crippen molar-refractivity contribution in [2.45, 2.75) is 6.92 Å². The van der Waals surface area contributed by atoms with Gasteiger partial charge in [-0.2, -0.15) is 5.10 Å². The van der Waals surface area contributed by atoms with Crippen molar-refractivity contribution >= 4 is 41.0 Å². The van der Waals surface area contributed by atoms with E-state index in [1.165, 1.54) is 24.4 Å². The normalized spacial score (nSPS) is 10.5. The Hall–Kier alpha value is -3.26. The fraction of sp³-hybridized carbons (Fsp3) is 0.0625. The van der Waals surface area contributed by atoms with Gasteiger partial charge in [-0.25, -0.2) is 5.43 Å². The molecule has 0 saturated heterocycles. The summed E-state index contributed by atoms with van der Waals surface area (Å²) in [5, 5.41) is 16.8. The number of carbonyl (C=O) groups excluding carboxylic acids is 2. The van der Waals surface area contributed by atoms with Gasteiger partial charge in [0, 0.05) is 17.3 Å². The number of nitrogens with one attached hydrogen (secondary N) is 2. The quantitative estimate of drug-likeness (QED) is 0.377. The molecule has 8 nitrogen and oxygen atoms in total. The number of aryl methyl sites for hydroxylation is 1. The van der Waals surface area contributed by atoms with Crippen molar-refractivity contribution in [1.82, 2.24) is 5.43 Å². The molecule has 25 heavy (non-hydrogen) atoms. The average Bonchev–Trinajstić information content (AvgIpc) is 2.56. The molecule has 0 unspecified atom stereocenters. The number of rotatable bonds is 4. The Balaban J connectivity index is 1.97. The Morgan fingerprint density at radius 3 is 2.64 bits per heavy atom. The second-order valence-corrected chi connectivity index (χ2v) is 5.40. The number of benzene rings is 2. The van der Waals surface area contributed by atoms with Crippen LogP contribution in [0.15, 0.2) is 47.6 Å². The van der Waals surface area contributed by atoms with E-state index in [4.69, 9.17) is 11.6 Å². The first-order chi connectivity index (χ1) is 11.9. The van der Waals surface area contributed by atoms with Gasteiger partial charge in [-0.1, -0.05) is 29.8 Å². The van der Waals surface area contributed by atoms with E-state index in [2.05, 4.69) is 10.4 Å². The molecule has 2 aromatic rings. The van der Waals surface area contributed by atoms with Gasteiger partial charge in [0.15, 0.2) is 0 Å². The Kier molecular flexibility index (Phi) is 5.80. The zero-order chi connectivity index (χ0) is 18.4. The maximum Gasteiger partial charge on any atom is 0.329 e. The molecule has 0 radical (unpaired) electrons. The van der Waals surface area contributed by atoms with Crippen molar-refractivity contribution in [3.05, 3.63) is 68.7 Å². The van der Waals surface area contributed by atoms with E-state index < -0.39 is 16.7 Å². The lowest BCUT2D eigenvalue weighted by Crippen LogP contribution is -2.32. The molecule has 0 saturated carbocycles. The van der Waals surface area contributed by atoms with Crippen LogP contribution in [0.25, 0.3) is 0 Å². The van der Waals surface area contributed by atoms with E-state index in [1.54, 1.807) is 18.2 Å². The van der Waals surface area contributed by atoms with E-state index >= 15 is 0 Å². The van der Waals surface area contributed by atoms with Crippen LogP contribution in [0.4, 0.5) is 11.4 Å². The SMILES string of the molecule is Cc1cccc(NC(=O)C(=O)N/N=C\c2ccc(Cl)c([N+](=O)[O-])c2)c1. The summed E-state index contributed by atoms with van der Waals surface area (Å²) in [7, 11) is 0. The molecule has 0 aliphatic heterocycles. The Labute approximate surface area is 147 Å². The van der Waals surface area contributed by atoms with Gasteiger partial charge in [0.25, 0.3) is 5.69 Å². The molecule has 0 spiro atoms. The number of hydrazone groups is 1. The molecule has 0 heterocycles. The highest BCUT2D eigenvalue weighted by Gasteiger charge is 2.14. The number of carbonyl (C=O) groups is 2. The first-order valence-electron chi connectivity index (χ1n) is 7.02. The first kappa shape index (κ1) is 18.1. The third kappa shape index (κ3) is 5.11. The van der Waals surface area contributed by atoms with Crippen molar-refractivity contribution in [2.24, 2.45) is 5.10 Å². The molecular formula is C16H13ClN4O4. The van der Waals surface area contributed by atoms with Gasteiger partial charge < -0.3 is 5.32 Å². The molecule has 9 heteroatoms. The molecule has 128 valence electrons.